The summed E-state index contributed by atoms with van der Waals surface area (Å²) in [6.45, 7) is 2.04. The number of hydrogen-bond acceptors (Lipinski definition) is 3. The van der Waals surface area contributed by atoms with Crippen molar-refractivity contribution in [2.24, 2.45) is 12.9 Å². The highest BCUT2D eigenvalue weighted by Crippen LogP contribution is 2.20. The number of rotatable bonds is 5. The second-order valence-corrected chi connectivity index (χ2v) is 3.62. The summed E-state index contributed by atoms with van der Waals surface area (Å²) < 4.78 is 1.85. The van der Waals surface area contributed by atoms with E-state index in [9.17, 15) is 0 Å². The van der Waals surface area contributed by atoms with Crippen LogP contribution in [0.1, 0.15) is 36.6 Å². The van der Waals surface area contributed by atoms with Crippen molar-refractivity contribution in [1.29, 1.82) is 0 Å². The molecule has 1 aromatic heterocycles. The van der Waals surface area contributed by atoms with Crippen LogP contribution in [0, 0.1) is 19.3 Å². The first-order chi connectivity index (χ1) is 7.20. The number of aromatic nitrogens is 2. The predicted octanol–water partition coefficient (Wildman–Crippen LogP) is 1.04. The van der Waals surface area contributed by atoms with Crippen molar-refractivity contribution in [3.8, 4) is 12.3 Å². The summed E-state index contributed by atoms with van der Waals surface area (Å²) in [5.74, 6) is 8.16. The first kappa shape index (κ1) is 11.8. The third-order valence-corrected chi connectivity index (χ3v) is 2.66. The van der Waals surface area contributed by atoms with Crippen LogP contribution in [-0.2, 0) is 7.05 Å². The van der Waals surface area contributed by atoms with Crippen molar-refractivity contribution in [2.75, 3.05) is 0 Å². The summed E-state index contributed by atoms with van der Waals surface area (Å²) in [7, 11) is 1.92. The van der Waals surface area contributed by atoms with Crippen LogP contribution >= 0.6 is 0 Å². The lowest BCUT2D eigenvalue weighted by Gasteiger charge is -2.14. The summed E-state index contributed by atoms with van der Waals surface area (Å²) in [5.41, 5.74) is 5.10. The summed E-state index contributed by atoms with van der Waals surface area (Å²) in [6.07, 6.45) is 9.77. The predicted molar refractivity (Wildman–Crippen MR) is 60.7 cm³/mol. The van der Waals surface area contributed by atoms with Crippen LogP contribution < -0.4 is 11.3 Å². The molecule has 0 spiro atoms. The van der Waals surface area contributed by atoms with E-state index in [-0.39, 0.29) is 6.04 Å². The highest BCUT2D eigenvalue weighted by atomic mass is 15.3. The van der Waals surface area contributed by atoms with E-state index in [0.717, 1.165) is 30.5 Å². The van der Waals surface area contributed by atoms with Crippen LogP contribution in [0.25, 0.3) is 0 Å². The lowest BCUT2D eigenvalue weighted by Crippen LogP contribution is -2.28. The molecule has 1 atom stereocenters. The zero-order valence-corrected chi connectivity index (χ0v) is 9.33. The van der Waals surface area contributed by atoms with E-state index in [4.69, 9.17) is 12.3 Å². The van der Waals surface area contributed by atoms with Gasteiger partial charge >= 0.3 is 0 Å². The molecule has 0 radical (unpaired) electrons. The highest BCUT2D eigenvalue weighted by molar-refractivity contribution is 5.20. The van der Waals surface area contributed by atoms with Gasteiger partial charge in [-0.2, -0.15) is 5.10 Å². The Morgan fingerprint density at radius 3 is 2.93 bits per heavy atom. The van der Waals surface area contributed by atoms with Crippen LogP contribution in [0.2, 0.25) is 0 Å². The van der Waals surface area contributed by atoms with Gasteiger partial charge in [0.15, 0.2) is 0 Å². The fourth-order valence-corrected chi connectivity index (χ4v) is 1.59. The molecule has 0 saturated heterocycles. The van der Waals surface area contributed by atoms with Crippen LogP contribution in [0.4, 0.5) is 0 Å². The smallest absolute Gasteiger partial charge is 0.0540 e. The van der Waals surface area contributed by atoms with E-state index < -0.39 is 0 Å². The van der Waals surface area contributed by atoms with E-state index in [2.05, 4.69) is 16.4 Å². The number of hydrogen-bond donors (Lipinski definition) is 2. The highest BCUT2D eigenvalue weighted by Gasteiger charge is 2.14. The SMILES string of the molecule is C#CCCCC(NN)c1cnn(C)c1C. The second kappa shape index (κ2) is 5.54. The molecule has 3 N–H and O–H groups in total. The molecule has 0 aliphatic rings. The van der Waals surface area contributed by atoms with Gasteiger partial charge in [-0.15, -0.1) is 12.3 Å². The van der Waals surface area contributed by atoms with Crippen molar-refractivity contribution in [3.63, 3.8) is 0 Å². The monoisotopic (exact) mass is 206 g/mol. The lowest BCUT2D eigenvalue weighted by molar-refractivity contribution is 0.499. The average molecular weight is 206 g/mol. The molecule has 1 rings (SSSR count). The quantitative estimate of drug-likeness (QED) is 0.327. The Bertz CT molecular complexity index is 348. The molecule has 0 bridgehead atoms. The van der Waals surface area contributed by atoms with Crippen LogP contribution in [0.3, 0.4) is 0 Å². The van der Waals surface area contributed by atoms with Gasteiger partial charge in [-0.1, -0.05) is 0 Å². The van der Waals surface area contributed by atoms with Crippen LogP contribution in [-0.4, -0.2) is 9.78 Å². The molecule has 1 heterocycles. The van der Waals surface area contributed by atoms with E-state index in [1.54, 1.807) is 0 Å². The van der Waals surface area contributed by atoms with Gasteiger partial charge in [0.1, 0.15) is 0 Å². The summed E-state index contributed by atoms with van der Waals surface area (Å²) in [6, 6.07) is 0.145. The Kier molecular flexibility index (Phi) is 4.35. The first-order valence-electron chi connectivity index (χ1n) is 5.08. The van der Waals surface area contributed by atoms with Gasteiger partial charge in [0.05, 0.1) is 6.20 Å². The summed E-state index contributed by atoms with van der Waals surface area (Å²) >= 11 is 0. The van der Waals surface area contributed by atoms with E-state index in [1.165, 1.54) is 0 Å². The molecule has 1 unspecified atom stereocenters. The van der Waals surface area contributed by atoms with Gasteiger partial charge in [0, 0.05) is 30.8 Å². The summed E-state index contributed by atoms with van der Waals surface area (Å²) in [5, 5.41) is 4.19. The largest absolute Gasteiger partial charge is 0.273 e. The van der Waals surface area contributed by atoms with Crippen molar-refractivity contribution in [2.45, 2.75) is 32.2 Å². The average Bonchev–Trinajstić information content (AvgIpc) is 2.56. The van der Waals surface area contributed by atoms with Crippen LogP contribution in [0.15, 0.2) is 6.20 Å². The fourth-order valence-electron chi connectivity index (χ4n) is 1.59. The third-order valence-electron chi connectivity index (χ3n) is 2.66. The molecule has 0 aromatic carbocycles. The Morgan fingerprint density at radius 1 is 1.73 bits per heavy atom. The number of aryl methyl sites for hydroxylation is 1. The third kappa shape index (κ3) is 2.82. The minimum atomic E-state index is 0.145. The molecule has 4 nitrogen and oxygen atoms in total. The number of unbranched alkanes of at least 4 members (excludes halogenated alkanes) is 1. The molecule has 15 heavy (non-hydrogen) atoms. The number of terminal acetylenes is 1. The van der Waals surface area contributed by atoms with Crippen molar-refractivity contribution in [3.05, 3.63) is 17.5 Å². The van der Waals surface area contributed by atoms with Gasteiger partial charge in [-0.05, 0) is 19.8 Å². The molecule has 4 heteroatoms. The zero-order valence-electron chi connectivity index (χ0n) is 9.33. The van der Waals surface area contributed by atoms with Gasteiger partial charge in [0.2, 0.25) is 0 Å². The first-order valence-corrected chi connectivity index (χ1v) is 5.08. The van der Waals surface area contributed by atoms with E-state index >= 15 is 0 Å². The minimum absolute atomic E-state index is 0.145. The van der Waals surface area contributed by atoms with Crippen LogP contribution in [0.5, 0.6) is 0 Å². The van der Waals surface area contributed by atoms with Gasteiger partial charge in [-0.3, -0.25) is 16.0 Å². The minimum Gasteiger partial charge on any atom is -0.273 e. The maximum Gasteiger partial charge on any atom is 0.0540 e. The number of nitrogens with two attached hydrogens (primary N) is 1. The maximum atomic E-state index is 5.53. The number of nitrogens with one attached hydrogen (secondary N) is 1. The van der Waals surface area contributed by atoms with Crippen molar-refractivity contribution in [1.82, 2.24) is 15.2 Å². The molecule has 0 fully saturated rings. The Hall–Kier alpha value is -1.31. The molecule has 0 saturated carbocycles. The maximum absolute atomic E-state index is 5.53. The van der Waals surface area contributed by atoms with Gasteiger partial charge < -0.3 is 0 Å². The number of hydrazine groups is 1. The van der Waals surface area contributed by atoms with Gasteiger partial charge in [-0.25, -0.2) is 0 Å². The molecule has 0 aliphatic heterocycles. The molecular weight excluding hydrogens is 188 g/mol. The van der Waals surface area contributed by atoms with Gasteiger partial charge in [0.25, 0.3) is 0 Å². The standard InChI is InChI=1S/C11H18N4/c1-4-5-6-7-11(14-12)10-8-13-15(3)9(10)2/h1,8,11,14H,5-7,12H2,2-3H3. The summed E-state index contributed by atoms with van der Waals surface area (Å²) in [4.78, 5) is 0. The Morgan fingerprint density at radius 2 is 2.47 bits per heavy atom. The zero-order chi connectivity index (χ0) is 11.3. The topological polar surface area (TPSA) is 55.9 Å². The Labute approximate surface area is 90.8 Å². The molecule has 82 valence electrons. The van der Waals surface area contributed by atoms with E-state index in [1.807, 2.05) is 24.9 Å². The van der Waals surface area contributed by atoms with E-state index in [0.29, 0.717) is 0 Å². The fraction of sp³-hybridized carbons (Fsp3) is 0.545. The normalized spacial score (nSPS) is 12.4. The molecular formula is C11H18N4. The van der Waals surface area contributed by atoms with Crippen molar-refractivity contribution < 1.29 is 0 Å². The lowest BCUT2D eigenvalue weighted by atomic mass is 10.0. The molecule has 1 aromatic rings. The number of nitrogens with zero attached hydrogens (tertiary/aromatic N) is 2. The van der Waals surface area contributed by atoms with Crippen molar-refractivity contribution >= 4 is 0 Å². The molecule has 0 aliphatic carbocycles. The molecule has 0 amide bonds. The second-order valence-electron chi connectivity index (χ2n) is 3.62. The Balaban J connectivity index is 2.66.